The van der Waals surface area contributed by atoms with Gasteiger partial charge in [-0.3, -0.25) is 19.2 Å². The number of amides is 3. The summed E-state index contributed by atoms with van der Waals surface area (Å²) in [5, 5.41) is 24.2. The van der Waals surface area contributed by atoms with E-state index in [1.54, 1.807) is 29.2 Å². The van der Waals surface area contributed by atoms with Crippen molar-refractivity contribution in [1.82, 2.24) is 4.90 Å². The molecule has 0 radical (unpaired) electrons. The van der Waals surface area contributed by atoms with Crippen LogP contribution in [-0.2, 0) is 32.1 Å². The second-order valence-corrected chi connectivity index (χ2v) is 9.47. The molecule has 0 bridgehead atoms. The van der Waals surface area contributed by atoms with Gasteiger partial charge in [-0.05, 0) is 30.2 Å². The third-order valence-electron chi connectivity index (χ3n) is 4.92. The number of benzene rings is 1. The average molecular weight is 487 g/mol. The summed E-state index contributed by atoms with van der Waals surface area (Å²) in [5.41, 5.74) is 1.88. The Balaban J connectivity index is 1.58. The summed E-state index contributed by atoms with van der Waals surface area (Å²) < 4.78 is 0. The summed E-state index contributed by atoms with van der Waals surface area (Å²) in [6.45, 7) is 2.51. The molecule has 2 heterocycles. The van der Waals surface area contributed by atoms with E-state index in [2.05, 4.69) is 16.7 Å². The number of carboxylic acids is 1. The Labute approximate surface area is 198 Å². The molecule has 1 aromatic heterocycles. The number of carbonyl (C=O) groups is 4. The predicted molar refractivity (Wildman–Crippen MR) is 125 cm³/mol. The normalized spacial score (nSPS) is 12.4. The maximum atomic E-state index is 12.5. The fraction of sp³-hybridized carbons (Fsp3) is 0.318. The smallest absolute Gasteiger partial charge is 0.303 e. The van der Waals surface area contributed by atoms with Crippen LogP contribution in [-0.4, -0.2) is 46.0 Å². The maximum Gasteiger partial charge on any atom is 0.303 e. The van der Waals surface area contributed by atoms with Crippen LogP contribution < -0.4 is 10.6 Å². The highest BCUT2D eigenvalue weighted by atomic mass is 32.2. The van der Waals surface area contributed by atoms with Crippen molar-refractivity contribution in [3.63, 3.8) is 0 Å². The first-order valence-corrected chi connectivity index (χ1v) is 11.9. The molecule has 0 atom stereocenters. The number of carbonyl (C=O) groups excluding carboxylic acids is 3. The predicted octanol–water partition coefficient (Wildman–Crippen LogP) is 3.06. The topological polar surface area (TPSA) is 140 Å². The second kappa shape index (κ2) is 11.0. The third-order valence-corrected chi connectivity index (χ3v) is 7.05. The van der Waals surface area contributed by atoms with E-state index in [1.165, 1.54) is 30.0 Å². The lowest BCUT2D eigenvalue weighted by Crippen LogP contribution is -2.33. The van der Waals surface area contributed by atoms with Crippen LogP contribution in [0.15, 0.2) is 29.2 Å². The summed E-state index contributed by atoms with van der Waals surface area (Å²) in [7, 11) is 0. The average Bonchev–Trinajstić information content (AvgIpc) is 3.12. The zero-order valence-electron chi connectivity index (χ0n) is 17.8. The maximum absolute atomic E-state index is 12.5. The van der Waals surface area contributed by atoms with Crippen molar-refractivity contribution < 1.29 is 24.3 Å². The van der Waals surface area contributed by atoms with Gasteiger partial charge in [-0.2, -0.15) is 5.26 Å². The first kappa shape index (κ1) is 24.3. The van der Waals surface area contributed by atoms with Gasteiger partial charge >= 0.3 is 5.97 Å². The zero-order valence-corrected chi connectivity index (χ0v) is 19.5. The molecule has 1 aliphatic rings. The van der Waals surface area contributed by atoms with Crippen molar-refractivity contribution in [3.05, 3.63) is 40.3 Å². The highest BCUT2D eigenvalue weighted by Gasteiger charge is 2.26. The summed E-state index contributed by atoms with van der Waals surface area (Å²) >= 11 is 2.60. The molecule has 0 saturated heterocycles. The van der Waals surface area contributed by atoms with E-state index in [1.807, 2.05) is 0 Å². The number of thiophene rings is 1. The minimum Gasteiger partial charge on any atom is -0.481 e. The van der Waals surface area contributed by atoms with Crippen LogP contribution in [0.2, 0.25) is 0 Å². The number of thioether (sulfide) groups is 1. The van der Waals surface area contributed by atoms with Gasteiger partial charge in [-0.15, -0.1) is 23.1 Å². The molecule has 33 heavy (non-hydrogen) atoms. The molecule has 0 saturated carbocycles. The number of fused-ring (bicyclic) bond motifs is 1. The molecule has 3 amide bonds. The van der Waals surface area contributed by atoms with Crippen LogP contribution in [0, 0.1) is 11.3 Å². The molecule has 172 valence electrons. The van der Waals surface area contributed by atoms with Crippen molar-refractivity contribution in [2.45, 2.75) is 37.6 Å². The highest BCUT2D eigenvalue weighted by Crippen LogP contribution is 2.36. The first-order valence-electron chi connectivity index (χ1n) is 10.1. The molecule has 3 N–H and O–H groups in total. The monoisotopic (exact) mass is 486 g/mol. The Hall–Kier alpha value is -3.36. The van der Waals surface area contributed by atoms with E-state index >= 15 is 0 Å². The number of aliphatic carboxylic acids is 1. The molecule has 0 unspecified atom stereocenters. The Bertz CT molecular complexity index is 1140. The standard InChI is InChI=1S/C22H22N4O5S2/c1-13(27)26-8-7-16-17(10-23)22(33-18(16)11-26)25-20(29)12-32-15-4-2-3-14(9-15)24-19(28)5-6-21(30)31/h2-4,9H,5-8,11-12H2,1H3,(H,24,28)(H,25,29)(H,30,31). The van der Waals surface area contributed by atoms with Crippen molar-refractivity contribution in [2.24, 2.45) is 0 Å². The minimum atomic E-state index is -1.04. The molecule has 0 aliphatic carbocycles. The zero-order chi connectivity index (χ0) is 24.0. The molecule has 9 nitrogen and oxygen atoms in total. The molecular formula is C22H22N4O5S2. The van der Waals surface area contributed by atoms with E-state index < -0.39 is 11.9 Å². The molecule has 2 aromatic rings. The van der Waals surface area contributed by atoms with Crippen LogP contribution in [0.25, 0.3) is 0 Å². The number of hydrogen-bond donors (Lipinski definition) is 3. The molecule has 3 rings (SSSR count). The van der Waals surface area contributed by atoms with Gasteiger partial charge in [0.05, 0.1) is 24.3 Å². The summed E-state index contributed by atoms with van der Waals surface area (Å²) in [5.74, 6) is -1.62. The minimum absolute atomic E-state index is 0.0187. The van der Waals surface area contributed by atoms with Gasteiger partial charge in [-0.1, -0.05) is 6.07 Å². The van der Waals surface area contributed by atoms with Gasteiger partial charge < -0.3 is 20.6 Å². The van der Waals surface area contributed by atoms with Crippen LogP contribution in [0.1, 0.15) is 35.8 Å². The van der Waals surface area contributed by atoms with Crippen LogP contribution >= 0.6 is 23.1 Å². The largest absolute Gasteiger partial charge is 0.481 e. The third kappa shape index (κ3) is 6.57. The van der Waals surface area contributed by atoms with E-state index in [9.17, 15) is 24.4 Å². The van der Waals surface area contributed by atoms with E-state index in [4.69, 9.17) is 5.11 Å². The number of rotatable bonds is 8. The van der Waals surface area contributed by atoms with Crippen LogP contribution in [0.4, 0.5) is 10.7 Å². The lowest BCUT2D eigenvalue weighted by Gasteiger charge is -2.25. The fourth-order valence-electron chi connectivity index (χ4n) is 3.30. The SMILES string of the molecule is CC(=O)N1CCc2c(sc(NC(=O)CSc3cccc(NC(=O)CCC(=O)O)c3)c2C#N)C1. The lowest BCUT2D eigenvalue weighted by molar-refractivity contribution is -0.138. The van der Waals surface area contributed by atoms with Gasteiger partial charge in [0.25, 0.3) is 0 Å². The summed E-state index contributed by atoms with van der Waals surface area (Å²) in [4.78, 5) is 50.0. The number of nitrogens with one attached hydrogen (secondary N) is 2. The van der Waals surface area contributed by atoms with E-state index in [0.717, 1.165) is 15.3 Å². The quantitative estimate of drug-likeness (QED) is 0.487. The summed E-state index contributed by atoms with van der Waals surface area (Å²) in [6, 6.07) is 9.10. The number of nitriles is 1. The molecule has 1 aromatic carbocycles. The Morgan fingerprint density at radius 2 is 2.00 bits per heavy atom. The highest BCUT2D eigenvalue weighted by molar-refractivity contribution is 8.00. The number of nitrogens with zero attached hydrogens (tertiary/aromatic N) is 2. The van der Waals surface area contributed by atoms with Gasteiger partial charge in [0, 0.05) is 35.3 Å². The van der Waals surface area contributed by atoms with Crippen molar-refractivity contribution in [2.75, 3.05) is 22.9 Å². The van der Waals surface area contributed by atoms with Crippen LogP contribution in [0.3, 0.4) is 0 Å². The second-order valence-electron chi connectivity index (χ2n) is 7.32. The number of anilines is 2. The Morgan fingerprint density at radius 3 is 2.70 bits per heavy atom. The molecule has 0 spiro atoms. The molecule has 0 fully saturated rings. The van der Waals surface area contributed by atoms with Crippen LogP contribution in [0.5, 0.6) is 0 Å². The number of carboxylic acid groups (broad SMARTS) is 1. The lowest BCUT2D eigenvalue weighted by atomic mass is 10.0. The fourth-order valence-corrected chi connectivity index (χ4v) is 5.28. The van der Waals surface area contributed by atoms with Gasteiger partial charge in [0.1, 0.15) is 11.1 Å². The van der Waals surface area contributed by atoms with Gasteiger partial charge in [-0.25, -0.2) is 0 Å². The van der Waals surface area contributed by atoms with Crippen molar-refractivity contribution >= 4 is 57.5 Å². The van der Waals surface area contributed by atoms with Crippen molar-refractivity contribution in [3.8, 4) is 6.07 Å². The van der Waals surface area contributed by atoms with Crippen molar-refractivity contribution in [1.29, 1.82) is 5.26 Å². The Morgan fingerprint density at radius 1 is 1.21 bits per heavy atom. The molecule has 11 heteroatoms. The van der Waals surface area contributed by atoms with Gasteiger partial charge in [0.15, 0.2) is 0 Å². The first-order chi connectivity index (χ1) is 15.8. The van der Waals surface area contributed by atoms with E-state index in [0.29, 0.717) is 35.8 Å². The molecular weight excluding hydrogens is 464 g/mol. The van der Waals surface area contributed by atoms with Gasteiger partial charge in [0.2, 0.25) is 17.7 Å². The summed E-state index contributed by atoms with van der Waals surface area (Å²) in [6.07, 6.45) is 0.221. The Kier molecular flexibility index (Phi) is 8.08. The van der Waals surface area contributed by atoms with E-state index in [-0.39, 0.29) is 30.4 Å². The molecule has 1 aliphatic heterocycles. The number of hydrogen-bond acceptors (Lipinski definition) is 7.